The van der Waals surface area contributed by atoms with Gasteiger partial charge in [-0.2, -0.15) is 0 Å². The fraction of sp³-hybridized carbons (Fsp3) is 0.0952. The first-order valence-electron chi connectivity index (χ1n) is 9.40. The molecular formula is C21H15F2N7O. The zero-order valence-corrected chi connectivity index (χ0v) is 16.2. The van der Waals surface area contributed by atoms with Crippen LogP contribution in [-0.2, 0) is 0 Å². The fourth-order valence-electron chi connectivity index (χ4n) is 3.45. The van der Waals surface area contributed by atoms with E-state index in [1.807, 2.05) is 6.92 Å². The second kappa shape index (κ2) is 7.24. The van der Waals surface area contributed by atoms with Crippen molar-refractivity contribution in [1.82, 2.24) is 29.5 Å². The molecule has 0 saturated carbocycles. The van der Waals surface area contributed by atoms with Gasteiger partial charge in [-0.3, -0.25) is 9.36 Å². The maximum atomic E-state index is 13.8. The molecule has 2 N–H and O–H groups in total. The molecule has 154 valence electrons. The molecule has 0 spiro atoms. The lowest BCUT2D eigenvalue weighted by molar-refractivity contribution is 0.626. The average molecular weight is 419 g/mol. The molecule has 31 heavy (non-hydrogen) atoms. The molecule has 0 unspecified atom stereocenters. The fourth-order valence-corrected chi connectivity index (χ4v) is 3.45. The van der Waals surface area contributed by atoms with Crippen LogP contribution in [0.25, 0.3) is 27.8 Å². The molecule has 3 aromatic heterocycles. The van der Waals surface area contributed by atoms with E-state index < -0.39 is 23.2 Å². The second-order valence-electron chi connectivity index (χ2n) is 6.94. The van der Waals surface area contributed by atoms with Crippen LogP contribution in [0.5, 0.6) is 0 Å². The van der Waals surface area contributed by atoms with E-state index in [9.17, 15) is 13.6 Å². The van der Waals surface area contributed by atoms with Gasteiger partial charge < -0.3 is 10.3 Å². The Kier molecular flexibility index (Phi) is 4.39. The van der Waals surface area contributed by atoms with Crippen LogP contribution in [-0.4, -0.2) is 29.5 Å². The average Bonchev–Trinajstić information content (AvgIpc) is 3.25. The summed E-state index contributed by atoms with van der Waals surface area (Å²) in [6.45, 7) is 1.81. The number of rotatable bonds is 4. The highest BCUT2D eigenvalue weighted by Gasteiger charge is 2.20. The van der Waals surface area contributed by atoms with Crippen LogP contribution < -0.4 is 10.9 Å². The molecule has 1 atom stereocenters. The van der Waals surface area contributed by atoms with Gasteiger partial charge in [0.1, 0.15) is 29.3 Å². The number of H-pyrrole nitrogens is 1. The molecule has 0 amide bonds. The normalized spacial score (nSPS) is 12.4. The van der Waals surface area contributed by atoms with E-state index in [1.54, 1.807) is 0 Å². The van der Waals surface area contributed by atoms with E-state index >= 15 is 0 Å². The highest BCUT2D eigenvalue weighted by molar-refractivity contribution is 5.82. The Morgan fingerprint density at radius 1 is 1.03 bits per heavy atom. The molecule has 0 fully saturated rings. The zero-order chi connectivity index (χ0) is 21.5. The molecule has 5 aromatic rings. The zero-order valence-electron chi connectivity index (χ0n) is 16.2. The van der Waals surface area contributed by atoms with Gasteiger partial charge in [0, 0.05) is 0 Å². The summed E-state index contributed by atoms with van der Waals surface area (Å²) in [5.41, 5.74) is 1.38. The third-order valence-electron chi connectivity index (χ3n) is 4.90. The lowest BCUT2D eigenvalue weighted by Crippen LogP contribution is -2.27. The smallest absolute Gasteiger partial charge is 0.266 e. The topological polar surface area (TPSA) is 101 Å². The largest absolute Gasteiger partial charge is 0.358 e. The Bertz CT molecular complexity index is 1480. The van der Waals surface area contributed by atoms with E-state index in [0.717, 1.165) is 6.07 Å². The van der Waals surface area contributed by atoms with Crippen molar-refractivity contribution in [3.05, 3.63) is 82.9 Å². The van der Waals surface area contributed by atoms with Crippen LogP contribution in [0.1, 0.15) is 18.8 Å². The number of hydrogen-bond acceptors (Lipinski definition) is 6. The van der Waals surface area contributed by atoms with Crippen molar-refractivity contribution in [3.8, 4) is 5.69 Å². The van der Waals surface area contributed by atoms with Gasteiger partial charge in [0.05, 0.1) is 29.0 Å². The first kappa shape index (κ1) is 18.8. The van der Waals surface area contributed by atoms with E-state index in [-0.39, 0.29) is 5.39 Å². The van der Waals surface area contributed by atoms with Crippen molar-refractivity contribution in [2.45, 2.75) is 13.0 Å². The van der Waals surface area contributed by atoms with Crippen LogP contribution in [0.2, 0.25) is 0 Å². The van der Waals surface area contributed by atoms with Crippen molar-refractivity contribution in [2.24, 2.45) is 0 Å². The molecule has 0 radical (unpaired) electrons. The highest BCUT2D eigenvalue weighted by Crippen LogP contribution is 2.24. The van der Waals surface area contributed by atoms with Gasteiger partial charge in [0.15, 0.2) is 11.5 Å². The van der Waals surface area contributed by atoms with Crippen LogP contribution in [0.4, 0.5) is 14.6 Å². The van der Waals surface area contributed by atoms with Crippen molar-refractivity contribution in [1.29, 1.82) is 0 Å². The third-order valence-corrected chi connectivity index (χ3v) is 4.90. The summed E-state index contributed by atoms with van der Waals surface area (Å²) in [6.07, 6.45) is 2.88. The standard InChI is InChI=1S/C21H15F2N7O/c1-11(28-19-17-18(25-9-24-17)26-10-27-19)20-29-16-7-4-13(23)8-15(16)21(31)30(20)14-5-2-12(22)3-6-14/h2-11H,1H3,(H2,24,25,26,27,28)/t11-/m0/s1. The molecule has 0 aliphatic carbocycles. The number of imidazole rings is 1. The molecule has 3 heterocycles. The predicted molar refractivity (Wildman–Crippen MR) is 111 cm³/mol. The first-order chi connectivity index (χ1) is 15.0. The van der Waals surface area contributed by atoms with Gasteiger partial charge in [0.25, 0.3) is 5.56 Å². The lowest BCUT2D eigenvalue weighted by Gasteiger charge is -2.20. The number of aromatic amines is 1. The molecule has 0 aliphatic heterocycles. The summed E-state index contributed by atoms with van der Waals surface area (Å²) in [7, 11) is 0. The van der Waals surface area contributed by atoms with Crippen LogP contribution in [0.3, 0.4) is 0 Å². The predicted octanol–water partition coefficient (Wildman–Crippen LogP) is 3.50. The van der Waals surface area contributed by atoms with Crippen LogP contribution in [0, 0.1) is 11.6 Å². The Labute approximate surface area is 173 Å². The second-order valence-corrected chi connectivity index (χ2v) is 6.94. The van der Waals surface area contributed by atoms with Gasteiger partial charge in [-0.15, -0.1) is 0 Å². The summed E-state index contributed by atoms with van der Waals surface area (Å²) in [5.74, 6) is -0.151. The van der Waals surface area contributed by atoms with Gasteiger partial charge in [0.2, 0.25) is 0 Å². The van der Waals surface area contributed by atoms with Crippen LogP contribution in [0.15, 0.2) is 59.9 Å². The maximum Gasteiger partial charge on any atom is 0.266 e. The van der Waals surface area contributed by atoms with E-state index in [0.29, 0.717) is 34.0 Å². The third kappa shape index (κ3) is 3.27. The van der Waals surface area contributed by atoms with Crippen molar-refractivity contribution in [3.63, 3.8) is 0 Å². The Morgan fingerprint density at radius 2 is 1.81 bits per heavy atom. The van der Waals surface area contributed by atoms with Gasteiger partial charge in [-0.25, -0.2) is 28.7 Å². The summed E-state index contributed by atoms with van der Waals surface area (Å²) in [6, 6.07) is 8.77. The number of benzene rings is 2. The monoisotopic (exact) mass is 419 g/mol. The number of fused-ring (bicyclic) bond motifs is 2. The van der Waals surface area contributed by atoms with E-state index in [2.05, 4.69) is 30.2 Å². The molecule has 0 bridgehead atoms. The molecule has 0 saturated heterocycles. The number of nitrogens with one attached hydrogen (secondary N) is 2. The van der Waals surface area contributed by atoms with Crippen LogP contribution >= 0.6 is 0 Å². The molecule has 10 heteroatoms. The van der Waals surface area contributed by atoms with Gasteiger partial charge in [-0.05, 0) is 49.4 Å². The van der Waals surface area contributed by atoms with Crippen molar-refractivity contribution >= 4 is 27.9 Å². The molecular weight excluding hydrogens is 404 g/mol. The quantitative estimate of drug-likeness (QED) is 0.462. The van der Waals surface area contributed by atoms with E-state index in [1.165, 1.54) is 53.6 Å². The van der Waals surface area contributed by atoms with Crippen molar-refractivity contribution in [2.75, 3.05) is 5.32 Å². The maximum absolute atomic E-state index is 13.8. The van der Waals surface area contributed by atoms with Crippen molar-refractivity contribution < 1.29 is 8.78 Å². The molecule has 5 rings (SSSR count). The SMILES string of the molecule is C[C@H](Nc1ncnc2nc[nH]c12)c1nc2ccc(F)cc2c(=O)n1-c1ccc(F)cc1. The number of anilines is 1. The minimum Gasteiger partial charge on any atom is -0.358 e. The minimum absolute atomic E-state index is 0.123. The number of hydrogen-bond donors (Lipinski definition) is 2. The van der Waals surface area contributed by atoms with Gasteiger partial charge >= 0.3 is 0 Å². The summed E-state index contributed by atoms with van der Waals surface area (Å²) < 4.78 is 28.6. The Hall–Kier alpha value is -4.21. The number of nitrogens with zero attached hydrogens (tertiary/aromatic N) is 5. The molecule has 0 aliphatic rings. The first-order valence-corrected chi connectivity index (χ1v) is 9.40. The molecule has 2 aromatic carbocycles. The minimum atomic E-state index is -0.543. The van der Waals surface area contributed by atoms with Gasteiger partial charge in [-0.1, -0.05) is 0 Å². The summed E-state index contributed by atoms with van der Waals surface area (Å²) in [5, 5.41) is 3.34. The Morgan fingerprint density at radius 3 is 2.61 bits per heavy atom. The highest BCUT2D eigenvalue weighted by atomic mass is 19.1. The Balaban J connectivity index is 1.70. The molecule has 8 nitrogen and oxygen atoms in total. The summed E-state index contributed by atoms with van der Waals surface area (Å²) in [4.78, 5) is 33.3. The van der Waals surface area contributed by atoms with E-state index in [4.69, 9.17) is 0 Å². The summed E-state index contributed by atoms with van der Waals surface area (Å²) >= 11 is 0. The number of aromatic nitrogens is 6. The number of halogens is 2. The lowest BCUT2D eigenvalue weighted by atomic mass is 10.2.